The van der Waals surface area contributed by atoms with E-state index in [0.29, 0.717) is 0 Å². The average molecular weight is 641 g/mol. The highest BCUT2D eigenvalue weighted by atomic mass is 16.3. The molecule has 2 aromatic heterocycles. The number of para-hydroxylation sites is 2. The fourth-order valence-corrected chi connectivity index (χ4v) is 7.94. The highest BCUT2D eigenvalue weighted by Crippen LogP contribution is 2.53. The van der Waals surface area contributed by atoms with Gasteiger partial charge in [0.1, 0.15) is 22.7 Å². The summed E-state index contributed by atoms with van der Waals surface area (Å²) < 4.78 is 13.8. The van der Waals surface area contributed by atoms with Crippen molar-refractivity contribution in [3.8, 4) is 44.9 Å². The molecule has 0 unspecified atom stereocenters. The molecule has 2 heterocycles. The molecule has 0 saturated carbocycles. The zero-order valence-electron chi connectivity index (χ0n) is 27.8. The highest BCUT2D eigenvalue weighted by molar-refractivity contribution is 6.29. The summed E-state index contributed by atoms with van der Waals surface area (Å²) in [4.78, 5) is 0. The smallest absolute Gasteiger partial charge is 0.144 e. The third-order valence-corrected chi connectivity index (χ3v) is 10.2. The van der Waals surface area contributed by atoms with Gasteiger partial charge in [0.15, 0.2) is 0 Å². The first-order valence-corrected chi connectivity index (χ1v) is 17.2. The summed E-state index contributed by atoms with van der Waals surface area (Å²) in [5.41, 5.74) is 11.0. The molecule has 2 nitrogen and oxygen atoms in total. The van der Waals surface area contributed by atoms with Gasteiger partial charge in [-0.15, -0.1) is 0 Å². The van der Waals surface area contributed by atoms with Gasteiger partial charge in [-0.25, -0.2) is 0 Å². The lowest BCUT2D eigenvalue weighted by molar-refractivity contribution is 0.632. The maximum Gasteiger partial charge on any atom is 0.144 e. The molecule has 0 atom stereocenters. The minimum Gasteiger partial charge on any atom is -0.456 e. The van der Waals surface area contributed by atoms with Crippen LogP contribution in [0.5, 0.6) is 0 Å². The van der Waals surface area contributed by atoms with Gasteiger partial charge in [-0.05, 0) is 81.7 Å². The Hall–Kier alpha value is -6.38. The van der Waals surface area contributed by atoms with Crippen LogP contribution >= 0.6 is 0 Å². The van der Waals surface area contributed by atoms with Crippen molar-refractivity contribution in [1.82, 2.24) is 0 Å². The van der Waals surface area contributed by atoms with Gasteiger partial charge >= 0.3 is 0 Å². The van der Waals surface area contributed by atoms with Crippen molar-refractivity contribution < 1.29 is 8.83 Å². The van der Waals surface area contributed by atoms with Crippen LogP contribution in [0.15, 0.2) is 167 Å². The molecule has 2 heteroatoms. The van der Waals surface area contributed by atoms with Crippen LogP contribution in [-0.2, 0) is 0 Å². The third kappa shape index (κ3) is 4.35. The van der Waals surface area contributed by atoms with Crippen molar-refractivity contribution in [2.24, 2.45) is 0 Å². The SMILES string of the molecule is Cc1ccc(-c2c3ccccc3cc3c(-c4oc5ccccc5c4-c4cccc(C)c4)c4ccccc4c(-c4cc5ccccc5o4)c23)cc1. The van der Waals surface area contributed by atoms with Gasteiger partial charge in [-0.2, -0.15) is 0 Å². The molecule has 0 fully saturated rings. The van der Waals surface area contributed by atoms with E-state index in [1.165, 1.54) is 33.0 Å². The number of hydrogen-bond acceptors (Lipinski definition) is 2. The predicted octanol–water partition coefficient (Wildman–Crippen LogP) is 13.9. The lowest BCUT2D eigenvalue weighted by Crippen LogP contribution is -1.94. The van der Waals surface area contributed by atoms with Gasteiger partial charge < -0.3 is 8.83 Å². The summed E-state index contributed by atoms with van der Waals surface area (Å²) in [5.74, 6) is 1.73. The Morgan fingerprint density at radius 2 is 1.02 bits per heavy atom. The number of benzene rings is 8. The number of rotatable bonds is 4. The summed E-state index contributed by atoms with van der Waals surface area (Å²) in [6, 6.07) is 56.5. The van der Waals surface area contributed by atoms with Crippen molar-refractivity contribution in [2.75, 3.05) is 0 Å². The Kier molecular flexibility index (Phi) is 6.34. The predicted molar refractivity (Wildman–Crippen MR) is 210 cm³/mol. The first-order chi connectivity index (χ1) is 24.6. The molecule has 0 radical (unpaired) electrons. The van der Waals surface area contributed by atoms with Crippen LogP contribution in [-0.4, -0.2) is 0 Å². The number of aryl methyl sites for hydroxylation is 2. The molecule has 0 N–H and O–H groups in total. The molecule has 236 valence electrons. The Bertz CT molecular complexity index is 2900. The summed E-state index contributed by atoms with van der Waals surface area (Å²) >= 11 is 0. The largest absolute Gasteiger partial charge is 0.456 e. The zero-order valence-corrected chi connectivity index (χ0v) is 27.8. The Balaban J connectivity index is 1.47. The average Bonchev–Trinajstić information content (AvgIpc) is 3.75. The molecule has 0 aliphatic carbocycles. The minimum absolute atomic E-state index is 0.853. The highest BCUT2D eigenvalue weighted by Gasteiger charge is 2.27. The van der Waals surface area contributed by atoms with Crippen LogP contribution in [0, 0.1) is 13.8 Å². The van der Waals surface area contributed by atoms with Crippen molar-refractivity contribution in [1.29, 1.82) is 0 Å². The summed E-state index contributed by atoms with van der Waals surface area (Å²) in [5, 5.41) is 9.08. The Labute approximate surface area is 289 Å². The molecule has 0 spiro atoms. The van der Waals surface area contributed by atoms with E-state index in [-0.39, 0.29) is 0 Å². The summed E-state index contributed by atoms with van der Waals surface area (Å²) in [6.07, 6.45) is 0. The van der Waals surface area contributed by atoms with E-state index in [1.54, 1.807) is 0 Å². The second kappa shape index (κ2) is 11.1. The quantitative estimate of drug-likeness (QED) is 0.179. The molecular formula is C48H32O2. The summed E-state index contributed by atoms with van der Waals surface area (Å²) in [7, 11) is 0. The van der Waals surface area contributed by atoms with Gasteiger partial charge in [-0.3, -0.25) is 0 Å². The van der Waals surface area contributed by atoms with E-state index in [0.717, 1.165) is 77.3 Å². The van der Waals surface area contributed by atoms with Crippen LogP contribution in [0.25, 0.3) is 99.2 Å². The lowest BCUT2D eigenvalue weighted by Gasteiger charge is -2.21. The molecule has 0 aliphatic heterocycles. The van der Waals surface area contributed by atoms with Crippen LogP contribution in [0.2, 0.25) is 0 Å². The molecule has 0 aliphatic rings. The fraction of sp³-hybridized carbons (Fsp3) is 0.0417. The molecule has 10 aromatic rings. The molecular weight excluding hydrogens is 609 g/mol. The van der Waals surface area contributed by atoms with E-state index in [1.807, 2.05) is 6.07 Å². The van der Waals surface area contributed by atoms with Crippen molar-refractivity contribution in [2.45, 2.75) is 13.8 Å². The molecule has 8 aromatic carbocycles. The molecule has 50 heavy (non-hydrogen) atoms. The second-order valence-corrected chi connectivity index (χ2v) is 13.4. The lowest BCUT2D eigenvalue weighted by atomic mass is 9.82. The molecule has 0 saturated heterocycles. The molecule has 0 amide bonds. The zero-order chi connectivity index (χ0) is 33.3. The van der Waals surface area contributed by atoms with Gasteiger partial charge in [0, 0.05) is 32.8 Å². The number of fused-ring (bicyclic) bond motifs is 5. The third-order valence-electron chi connectivity index (χ3n) is 10.2. The second-order valence-electron chi connectivity index (χ2n) is 13.4. The van der Waals surface area contributed by atoms with Gasteiger partial charge in [0.2, 0.25) is 0 Å². The first-order valence-electron chi connectivity index (χ1n) is 17.2. The number of hydrogen-bond donors (Lipinski definition) is 0. The topological polar surface area (TPSA) is 26.3 Å². The Morgan fingerprint density at radius 1 is 0.360 bits per heavy atom. The first kappa shape index (κ1) is 28.6. The van der Waals surface area contributed by atoms with Gasteiger partial charge in [0.25, 0.3) is 0 Å². The van der Waals surface area contributed by atoms with Crippen molar-refractivity contribution >= 4 is 54.3 Å². The maximum absolute atomic E-state index is 7.04. The van der Waals surface area contributed by atoms with E-state index in [2.05, 4.69) is 166 Å². The van der Waals surface area contributed by atoms with Crippen LogP contribution in [0.3, 0.4) is 0 Å². The van der Waals surface area contributed by atoms with Crippen LogP contribution in [0.1, 0.15) is 11.1 Å². The van der Waals surface area contributed by atoms with Crippen LogP contribution < -0.4 is 0 Å². The van der Waals surface area contributed by atoms with E-state index < -0.39 is 0 Å². The van der Waals surface area contributed by atoms with Crippen molar-refractivity contribution in [3.63, 3.8) is 0 Å². The normalized spacial score (nSPS) is 11.8. The summed E-state index contributed by atoms with van der Waals surface area (Å²) in [6.45, 7) is 4.29. The minimum atomic E-state index is 0.853. The molecule has 0 bridgehead atoms. The number of furan rings is 2. The Morgan fingerprint density at radius 3 is 1.78 bits per heavy atom. The van der Waals surface area contributed by atoms with E-state index in [4.69, 9.17) is 8.83 Å². The van der Waals surface area contributed by atoms with Gasteiger partial charge in [-0.1, -0.05) is 145 Å². The van der Waals surface area contributed by atoms with E-state index >= 15 is 0 Å². The molecule has 10 rings (SSSR count). The maximum atomic E-state index is 7.04. The van der Waals surface area contributed by atoms with Crippen LogP contribution in [0.4, 0.5) is 0 Å². The van der Waals surface area contributed by atoms with E-state index in [9.17, 15) is 0 Å². The van der Waals surface area contributed by atoms with Gasteiger partial charge in [0.05, 0.1) is 0 Å². The fourth-order valence-electron chi connectivity index (χ4n) is 7.94. The standard InChI is InChI=1S/C48H32O2/c1-29-22-24-31(25-23-29)43-35-16-5-3-13-32(35)27-39-45(48-44(34-15-11-12-30(2)26-34)38-19-8-10-21-41(38)50-48)36-17-6-7-18-37(36)46(47(39)43)42-28-33-14-4-9-20-40(33)49-42/h3-28H,1-2H3. The monoisotopic (exact) mass is 640 g/mol. The van der Waals surface area contributed by atoms with Crippen molar-refractivity contribution in [3.05, 3.63) is 169 Å².